The summed E-state index contributed by atoms with van der Waals surface area (Å²) in [6.07, 6.45) is 0. The molecule has 2 aliphatic rings. The van der Waals surface area contributed by atoms with E-state index in [2.05, 4.69) is 229 Å². The van der Waals surface area contributed by atoms with Crippen molar-refractivity contribution >= 4 is 17.1 Å². The molecular formula is C55H37N. The van der Waals surface area contributed by atoms with Crippen LogP contribution in [0.25, 0.3) is 55.6 Å². The topological polar surface area (TPSA) is 3.24 Å². The minimum absolute atomic E-state index is 0.504. The molecule has 9 aromatic carbocycles. The molecule has 0 aromatic heterocycles. The van der Waals surface area contributed by atoms with E-state index in [4.69, 9.17) is 0 Å². The third-order valence-electron chi connectivity index (χ3n) is 11.9. The number of anilines is 3. The fraction of sp³-hybridized carbons (Fsp3) is 0.0182. The highest BCUT2D eigenvalue weighted by Crippen LogP contribution is 2.62. The van der Waals surface area contributed by atoms with Crippen LogP contribution in [0.15, 0.2) is 224 Å². The Morgan fingerprint density at radius 1 is 0.232 bits per heavy atom. The maximum atomic E-state index is 2.43. The van der Waals surface area contributed by atoms with Gasteiger partial charge in [-0.05, 0) is 114 Å². The highest BCUT2D eigenvalue weighted by atomic mass is 15.1. The summed E-state index contributed by atoms with van der Waals surface area (Å²) in [5.41, 5.74) is 20.6. The maximum Gasteiger partial charge on any atom is 0.0725 e. The van der Waals surface area contributed by atoms with Crippen LogP contribution in [-0.2, 0) is 5.41 Å². The zero-order valence-electron chi connectivity index (χ0n) is 30.8. The molecule has 2 aliphatic carbocycles. The Morgan fingerprint density at radius 2 is 0.554 bits per heavy atom. The molecule has 262 valence electrons. The van der Waals surface area contributed by atoms with Crippen LogP contribution in [0.2, 0.25) is 0 Å². The van der Waals surface area contributed by atoms with Gasteiger partial charge in [0.1, 0.15) is 0 Å². The molecule has 1 heteroatoms. The van der Waals surface area contributed by atoms with Crippen LogP contribution in [0.4, 0.5) is 17.1 Å². The van der Waals surface area contributed by atoms with Crippen molar-refractivity contribution in [3.8, 4) is 55.6 Å². The van der Waals surface area contributed by atoms with E-state index in [1.54, 1.807) is 0 Å². The van der Waals surface area contributed by atoms with Gasteiger partial charge in [-0.3, -0.25) is 0 Å². The minimum atomic E-state index is -0.504. The lowest BCUT2D eigenvalue weighted by atomic mass is 9.66. The molecule has 0 aliphatic heterocycles. The van der Waals surface area contributed by atoms with E-state index in [-0.39, 0.29) is 0 Å². The first-order valence-electron chi connectivity index (χ1n) is 19.4. The van der Waals surface area contributed by atoms with Gasteiger partial charge in [0.05, 0.1) is 5.41 Å². The monoisotopic (exact) mass is 711 g/mol. The van der Waals surface area contributed by atoms with E-state index in [0.717, 1.165) is 17.1 Å². The molecule has 0 radical (unpaired) electrons. The van der Waals surface area contributed by atoms with E-state index in [1.807, 2.05) is 0 Å². The third-order valence-corrected chi connectivity index (χ3v) is 11.9. The first-order chi connectivity index (χ1) is 27.8. The van der Waals surface area contributed by atoms with Gasteiger partial charge in [0.25, 0.3) is 0 Å². The van der Waals surface area contributed by atoms with Gasteiger partial charge < -0.3 is 4.90 Å². The second kappa shape index (κ2) is 13.0. The second-order valence-corrected chi connectivity index (χ2v) is 14.8. The van der Waals surface area contributed by atoms with Crippen LogP contribution in [0.5, 0.6) is 0 Å². The first kappa shape index (κ1) is 32.2. The summed E-state index contributed by atoms with van der Waals surface area (Å²) in [6, 6.07) is 82.6. The van der Waals surface area contributed by atoms with Gasteiger partial charge in [-0.2, -0.15) is 0 Å². The Balaban J connectivity index is 1.14. The number of rotatable bonds is 5. The van der Waals surface area contributed by atoms with Crippen molar-refractivity contribution in [3.63, 3.8) is 0 Å². The van der Waals surface area contributed by atoms with Crippen LogP contribution in [0.1, 0.15) is 22.3 Å². The molecule has 0 heterocycles. The summed E-state index contributed by atoms with van der Waals surface area (Å²) in [6.45, 7) is 0. The van der Waals surface area contributed by atoms with Crippen molar-refractivity contribution in [3.05, 3.63) is 247 Å². The summed E-state index contributed by atoms with van der Waals surface area (Å²) in [7, 11) is 0. The van der Waals surface area contributed by atoms with Crippen molar-refractivity contribution in [1.29, 1.82) is 0 Å². The lowest BCUT2D eigenvalue weighted by molar-refractivity contribution is 0.775. The Labute approximate surface area is 328 Å². The van der Waals surface area contributed by atoms with Gasteiger partial charge in [-0.15, -0.1) is 0 Å². The highest BCUT2D eigenvalue weighted by Gasteiger charge is 2.49. The molecule has 0 atom stereocenters. The third kappa shape index (κ3) is 4.88. The predicted molar refractivity (Wildman–Crippen MR) is 234 cm³/mol. The quantitative estimate of drug-likeness (QED) is 0.172. The second-order valence-electron chi connectivity index (χ2n) is 14.8. The summed E-state index contributed by atoms with van der Waals surface area (Å²) in [5, 5.41) is 0. The van der Waals surface area contributed by atoms with Crippen LogP contribution >= 0.6 is 0 Å². The lowest BCUT2D eigenvalue weighted by Gasteiger charge is -2.35. The number of fused-ring (bicyclic) bond motifs is 12. The predicted octanol–water partition coefficient (Wildman–Crippen LogP) is 14.5. The summed E-state index contributed by atoms with van der Waals surface area (Å²) >= 11 is 0. The average molecular weight is 712 g/mol. The molecule has 0 bridgehead atoms. The first-order valence-corrected chi connectivity index (χ1v) is 19.4. The standard InChI is InChI=1S/C55H37N/c1-3-15-38(16-4-1)40-27-31-42(32-28-40)56(43-33-29-41(30-34-43)39-17-5-2-6-18-39)44-35-36-54-50(37-44)49-23-11-14-26-53(49)55(54)51-24-12-9-21-47(51)45-19-7-8-20-46(45)48-22-10-13-25-52(48)55/h1-37H. The van der Waals surface area contributed by atoms with Crippen molar-refractivity contribution in [1.82, 2.24) is 0 Å². The van der Waals surface area contributed by atoms with Gasteiger partial charge in [0.15, 0.2) is 0 Å². The fourth-order valence-corrected chi connectivity index (χ4v) is 9.49. The molecule has 1 nitrogen and oxygen atoms in total. The van der Waals surface area contributed by atoms with Gasteiger partial charge in [-0.25, -0.2) is 0 Å². The minimum Gasteiger partial charge on any atom is -0.310 e. The number of hydrogen-bond acceptors (Lipinski definition) is 1. The molecule has 0 amide bonds. The fourth-order valence-electron chi connectivity index (χ4n) is 9.49. The average Bonchev–Trinajstić information content (AvgIpc) is 3.52. The molecule has 0 unspecified atom stereocenters. The molecule has 0 saturated heterocycles. The smallest absolute Gasteiger partial charge is 0.0725 e. The molecule has 0 saturated carbocycles. The molecule has 0 N–H and O–H groups in total. The molecule has 56 heavy (non-hydrogen) atoms. The van der Waals surface area contributed by atoms with Crippen LogP contribution in [0, 0.1) is 0 Å². The zero-order chi connectivity index (χ0) is 37.1. The Bertz CT molecular complexity index is 2740. The zero-order valence-corrected chi connectivity index (χ0v) is 30.8. The lowest BCUT2D eigenvalue weighted by Crippen LogP contribution is -2.29. The highest BCUT2D eigenvalue weighted by molar-refractivity contribution is 5.98. The number of hydrogen-bond donors (Lipinski definition) is 0. The SMILES string of the molecule is c1ccc(-c2ccc(N(c3ccc(-c4ccccc4)cc3)c3ccc4c(c3)-c3ccccc3C43c4ccccc4-c4ccccc4-c4ccccc43)cc2)cc1. The van der Waals surface area contributed by atoms with Crippen LogP contribution in [0.3, 0.4) is 0 Å². The van der Waals surface area contributed by atoms with E-state index in [9.17, 15) is 0 Å². The number of nitrogens with zero attached hydrogens (tertiary/aromatic N) is 1. The number of benzene rings is 9. The summed E-state index contributed by atoms with van der Waals surface area (Å²) in [4.78, 5) is 2.41. The Hall–Kier alpha value is -7.22. The van der Waals surface area contributed by atoms with E-state index in [1.165, 1.54) is 77.9 Å². The molecule has 0 fully saturated rings. The van der Waals surface area contributed by atoms with Crippen molar-refractivity contribution < 1.29 is 0 Å². The van der Waals surface area contributed by atoms with Gasteiger partial charge >= 0.3 is 0 Å². The summed E-state index contributed by atoms with van der Waals surface area (Å²) < 4.78 is 0. The van der Waals surface area contributed by atoms with E-state index >= 15 is 0 Å². The summed E-state index contributed by atoms with van der Waals surface area (Å²) in [5.74, 6) is 0. The molecule has 9 aromatic rings. The van der Waals surface area contributed by atoms with Crippen molar-refractivity contribution in [2.45, 2.75) is 5.41 Å². The normalized spacial score (nSPS) is 12.8. The van der Waals surface area contributed by atoms with Crippen LogP contribution < -0.4 is 4.90 Å². The van der Waals surface area contributed by atoms with Crippen molar-refractivity contribution in [2.75, 3.05) is 4.90 Å². The maximum absolute atomic E-state index is 2.43. The van der Waals surface area contributed by atoms with E-state index < -0.39 is 5.41 Å². The van der Waals surface area contributed by atoms with Crippen molar-refractivity contribution in [2.24, 2.45) is 0 Å². The van der Waals surface area contributed by atoms with Gasteiger partial charge in [0.2, 0.25) is 0 Å². The van der Waals surface area contributed by atoms with Gasteiger partial charge in [0, 0.05) is 17.1 Å². The Kier molecular flexibility index (Phi) is 7.47. The van der Waals surface area contributed by atoms with Crippen LogP contribution in [-0.4, -0.2) is 0 Å². The largest absolute Gasteiger partial charge is 0.310 e. The molecular weight excluding hydrogens is 675 g/mol. The molecule has 11 rings (SSSR count). The van der Waals surface area contributed by atoms with E-state index in [0.29, 0.717) is 0 Å². The van der Waals surface area contributed by atoms with Gasteiger partial charge in [-0.1, -0.05) is 188 Å². The molecule has 1 spiro atoms. The Morgan fingerprint density at radius 3 is 1.00 bits per heavy atom.